The van der Waals surface area contributed by atoms with Gasteiger partial charge in [-0.25, -0.2) is 0 Å². The molecule has 0 rings (SSSR count). The van der Waals surface area contributed by atoms with E-state index in [0.717, 1.165) is 6.42 Å². The summed E-state index contributed by atoms with van der Waals surface area (Å²) in [4.78, 5) is 10.4. The Balaban J connectivity index is 4.06. The van der Waals surface area contributed by atoms with E-state index in [0.29, 0.717) is 12.8 Å². The van der Waals surface area contributed by atoms with Gasteiger partial charge in [0.2, 0.25) is 0 Å². The Morgan fingerprint density at radius 1 is 0.815 bits per heavy atom. The summed E-state index contributed by atoms with van der Waals surface area (Å²) in [6, 6.07) is 0. The Morgan fingerprint density at radius 3 is 2.04 bits per heavy atom. The maximum atomic E-state index is 10.4. The van der Waals surface area contributed by atoms with Gasteiger partial charge in [-0.15, -0.1) is 0 Å². The van der Waals surface area contributed by atoms with E-state index in [1.165, 1.54) is 6.08 Å². The first-order chi connectivity index (χ1) is 13.0. The van der Waals surface area contributed by atoms with Gasteiger partial charge < -0.3 is 20.4 Å². The van der Waals surface area contributed by atoms with E-state index >= 15 is 0 Å². The SMILES string of the molecule is CCC=CC[C@H](O)/C=C/C=CC=CC=C[C@@H](O)[C@@H](O)CC=CCCC(=O)O. The van der Waals surface area contributed by atoms with Crippen LogP contribution in [0.1, 0.15) is 39.0 Å². The first-order valence-corrected chi connectivity index (χ1v) is 9.21. The van der Waals surface area contributed by atoms with Crippen molar-refractivity contribution in [2.75, 3.05) is 0 Å². The summed E-state index contributed by atoms with van der Waals surface area (Å²) in [5.41, 5.74) is 0. The highest BCUT2D eigenvalue weighted by Crippen LogP contribution is 2.03. The number of aliphatic carboxylic acids is 1. The van der Waals surface area contributed by atoms with Crippen molar-refractivity contribution in [3.05, 3.63) is 72.9 Å². The molecule has 27 heavy (non-hydrogen) atoms. The minimum atomic E-state index is -0.992. The lowest BCUT2D eigenvalue weighted by Gasteiger charge is -2.11. The number of aliphatic hydroxyl groups is 3. The highest BCUT2D eigenvalue weighted by molar-refractivity contribution is 5.66. The molecule has 0 bridgehead atoms. The van der Waals surface area contributed by atoms with Crippen molar-refractivity contribution < 1.29 is 25.2 Å². The molecule has 5 nitrogen and oxygen atoms in total. The van der Waals surface area contributed by atoms with E-state index in [-0.39, 0.29) is 12.8 Å². The van der Waals surface area contributed by atoms with Crippen molar-refractivity contribution >= 4 is 5.97 Å². The summed E-state index contributed by atoms with van der Waals surface area (Å²) in [5, 5.41) is 37.7. The molecule has 0 unspecified atom stereocenters. The van der Waals surface area contributed by atoms with Crippen molar-refractivity contribution in [2.24, 2.45) is 0 Å². The van der Waals surface area contributed by atoms with Gasteiger partial charge in [0.05, 0.1) is 18.3 Å². The lowest BCUT2D eigenvalue weighted by atomic mass is 10.1. The topological polar surface area (TPSA) is 98.0 Å². The summed E-state index contributed by atoms with van der Waals surface area (Å²) >= 11 is 0. The molecule has 0 aromatic rings. The molecule has 0 aliphatic rings. The fourth-order valence-corrected chi connectivity index (χ4v) is 1.94. The summed E-state index contributed by atoms with van der Waals surface area (Å²) in [5.74, 6) is -0.861. The van der Waals surface area contributed by atoms with Crippen molar-refractivity contribution in [2.45, 2.75) is 57.3 Å². The van der Waals surface area contributed by atoms with Gasteiger partial charge in [0.25, 0.3) is 0 Å². The van der Waals surface area contributed by atoms with E-state index in [1.807, 2.05) is 19.1 Å². The number of carboxylic acid groups (broad SMARTS) is 1. The quantitative estimate of drug-likeness (QED) is 0.275. The predicted octanol–water partition coefficient (Wildman–Crippen LogP) is 3.46. The molecule has 0 aliphatic carbocycles. The molecule has 0 saturated carbocycles. The summed E-state index contributed by atoms with van der Waals surface area (Å²) < 4.78 is 0. The molecule has 150 valence electrons. The van der Waals surface area contributed by atoms with Crippen LogP contribution in [0.4, 0.5) is 0 Å². The zero-order valence-electron chi connectivity index (χ0n) is 15.9. The summed E-state index contributed by atoms with van der Waals surface area (Å²) in [7, 11) is 0. The molecule has 4 N–H and O–H groups in total. The molecular formula is C22H32O5. The second-order valence-electron chi connectivity index (χ2n) is 5.92. The number of rotatable bonds is 14. The van der Waals surface area contributed by atoms with Crippen LogP contribution < -0.4 is 0 Å². The maximum Gasteiger partial charge on any atom is 0.303 e. The summed E-state index contributed by atoms with van der Waals surface area (Å²) in [6.45, 7) is 2.05. The smallest absolute Gasteiger partial charge is 0.303 e. The van der Waals surface area contributed by atoms with Gasteiger partial charge in [-0.05, 0) is 25.7 Å². The van der Waals surface area contributed by atoms with Gasteiger partial charge in [0.1, 0.15) is 0 Å². The fraction of sp³-hybridized carbons (Fsp3) is 0.409. The fourth-order valence-electron chi connectivity index (χ4n) is 1.94. The molecule has 0 amide bonds. The summed E-state index contributed by atoms with van der Waals surface area (Å²) in [6.07, 6.45) is 20.9. The first kappa shape index (κ1) is 24.8. The second kappa shape index (κ2) is 17.2. The van der Waals surface area contributed by atoms with Crippen LogP contribution in [0, 0.1) is 0 Å². The normalized spacial score (nSPS) is 16.6. The molecule has 0 fully saturated rings. The largest absolute Gasteiger partial charge is 0.481 e. The number of hydrogen-bond donors (Lipinski definition) is 4. The molecule has 0 heterocycles. The van der Waals surface area contributed by atoms with Gasteiger partial charge >= 0.3 is 5.97 Å². The zero-order chi connectivity index (χ0) is 20.3. The van der Waals surface area contributed by atoms with E-state index < -0.39 is 24.3 Å². The lowest BCUT2D eigenvalue weighted by Crippen LogP contribution is -2.22. The third-order valence-electron chi connectivity index (χ3n) is 3.44. The lowest BCUT2D eigenvalue weighted by molar-refractivity contribution is -0.136. The maximum absolute atomic E-state index is 10.4. The molecule has 3 atom stereocenters. The Bertz CT molecular complexity index is 555. The molecule has 0 aliphatic heterocycles. The van der Waals surface area contributed by atoms with Crippen LogP contribution >= 0.6 is 0 Å². The van der Waals surface area contributed by atoms with Crippen molar-refractivity contribution in [3.63, 3.8) is 0 Å². The number of allylic oxidation sites excluding steroid dienone is 8. The highest BCUT2D eigenvalue weighted by Gasteiger charge is 2.10. The molecule has 0 saturated heterocycles. The minimum Gasteiger partial charge on any atom is -0.481 e. The van der Waals surface area contributed by atoms with Crippen LogP contribution in [-0.2, 0) is 4.79 Å². The predicted molar refractivity (Wildman–Crippen MR) is 109 cm³/mol. The Morgan fingerprint density at radius 2 is 1.41 bits per heavy atom. The van der Waals surface area contributed by atoms with Gasteiger partial charge in [-0.2, -0.15) is 0 Å². The van der Waals surface area contributed by atoms with Gasteiger partial charge in [-0.3, -0.25) is 4.79 Å². The Hall–Kier alpha value is -2.21. The van der Waals surface area contributed by atoms with Crippen molar-refractivity contribution in [3.8, 4) is 0 Å². The molecule has 5 heteroatoms. The zero-order valence-corrected chi connectivity index (χ0v) is 15.9. The Kier molecular flexibility index (Phi) is 15.8. The minimum absolute atomic E-state index is 0.0530. The number of aliphatic hydroxyl groups excluding tert-OH is 3. The second-order valence-corrected chi connectivity index (χ2v) is 5.92. The van der Waals surface area contributed by atoms with Crippen LogP contribution in [0.3, 0.4) is 0 Å². The molecule has 0 spiro atoms. The van der Waals surface area contributed by atoms with Gasteiger partial charge in [0.15, 0.2) is 0 Å². The van der Waals surface area contributed by atoms with Crippen molar-refractivity contribution in [1.29, 1.82) is 0 Å². The average molecular weight is 376 g/mol. The van der Waals surface area contributed by atoms with E-state index in [9.17, 15) is 20.1 Å². The third-order valence-corrected chi connectivity index (χ3v) is 3.44. The van der Waals surface area contributed by atoms with Crippen LogP contribution in [0.15, 0.2) is 72.9 Å². The van der Waals surface area contributed by atoms with Gasteiger partial charge in [-0.1, -0.05) is 79.8 Å². The number of carboxylic acids is 1. The molecular weight excluding hydrogens is 344 g/mol. The number of carbonyl (C=O) groups is 1. The van der Waals surface area contributed by atoms with E-state index in [4.69, 9.17) is 5.11 Å². The molecule has 0 aromatic heterocycles. The first-order valence-electron chi connectivity index (χ1n) is 9.21. The van der Waals surface area contributed by atoms with Crippen LogP contribution in [0.5, 0.6) is 0 Å². The van der Waals surface area contributed by atoms with Gasteiger partial charge in [0, 0.05) is 6.42 Å². The van der Waals surface area contributed by atoms with E-state index in [2.05, 4.69) is 0 Å². The van der Waals surface area contributed by atoms with Crippen molar-refractivity contribution in [1.82, 2.24) is 0 Å². The van der Waals surface area contributed by atoms with E-state index in [1.54, 1.807) is 54.7 Å². The highest BCUT2D eigenvalue weighted by atomic mass is 16.4. The van der Waals surface area contributed by atoms with Crippen LogP contribution in [0.2, 0.25) is 0 Å². The standard InChI is InChI=1S/C22H32O5/c1-2-3-9-14-19(23)15-10-6-4-5-7-11-16-20(24)21(25)17-12-8-13-18-22(26)27/h3-12,15-16,19-21,23-25H,2,13-14,17-18H2,1H3,(H,26,27)/b6-4?,7-5?,9-3?,12-8?,15-10+,16-11?/t19-,20+,21-/m0/s1. The molecule has 0 radical (unpaired) electrons. The Labute approximate surface area is 162 Å². The third kappa shape index (κ3) is 17.0. The number of hydrogen-bond acceptors (Lipinski definition) is 4. The van der Waals surface area contributed by atoms with Crippen LogP contribution in [0.25, 0.3) is 0 Å². The average Bonchev–Trinajstić information content (AvgIpc) is 2.63. The van der Waals surface area contributed by atoms with Crippen LogP contribution in [-0.4, -0.2) is 44.7 Å². The monoisotopic (exact) mass is 376 g/mol. The molecule has 0 aromatic carbocycles.